The lowest BCUT2D eigenvalue weighted by atomic mass is 10.3. The van der Waals surface area contributed by atoms with Gasteiger partial charge in [0.25, 0.3) is 15.8 Å². The van der Waals surface area contributed by atoms with E-state index in [9.17, 15) is 17.2 Å². The second-order valence-corrected chi connectivity index (χ2v) is 7.51. The first-order valence-corrected chi connectivity index (χ1v) is 8.86. The van der Waals surface area contributed by atoms with Crippen LogP contribution in [0.25, 0.3) is 0 Å². The van der Waals surface area contributed by atoms with Crippen LogP contribution in [0.15, 0.2) is 62.8 Å². The minimum Gasteiger partial charge on any atom is -0.280 e. The molecule has 0 atom stereocenters. The molecule has 8 heteroatoms. The van der Waals surface area contributed by atoms with Gasteiger partial charge in [0.2, 0.25) is 0 Å². The first-order valence-electron chi connectivity index (χ1n) is 5.71. The molecular formula is C13H10BrF2NO2S2. The predicted molar refractivity (Wildman–Crippen MR) is 83.3 cm³/mol. The molecule has 3 nitrogen and oxygen atoms in total. The molecule has 1 N–H and O–H groups in total. The lowest BCUT2D eigenvalue weighted by Gasteiger charge is -2.10. The molecule has 0 aliphatic rings. The summed E-state index contributed by atoms with van der Waals surface area (Å²) in [6.07, 6.45) is 0. The van der Waals surface area contributed by atoms with Crippen LogP contribution in [0.2, 0.25) is 0 Å². The van der Waals surface area contributed by atoms with Gasteiger partial charge in [-0.25, -0.2) is 8.42 Å². The minimum absolute atomic E-state index is 0.107. The molecule has 2 aromatic carbocycles. The Morgan fingerprint density at radius 1 is 1.05 bits per heavy atom. The summed E-state index contributed by atoms with van der Waals surface area (Å²) in [5.41, 5.74) is 0.310. The number of thioether (sulfide) groups is 1. The van der Waals surface area contributed by atoms with Gasteiger partial charge in [-0.05, 0) is 52.3 Å². The molecule has 0 bridgehead atoms. The zero-order valence-electron chi connectivity index (χ0n) is 10.5. The monoisotopic (exact) mass is 393 g/mol. The van der Waals surface area contributed by atoms with Crippen molar-refractivity contribution >= 4 is 43.4 Å². The van der Waals surface area contributed by atoms with E-state index in [1.807, 2.05) is 0 Å². The fourth-order valence-electron chi connectivity index (χ4n) is 1.58. The first kappa shape index (κ1) is 16.3. The Kier molecular flexibility index (Phi) is 5.23. The maximum absolute atomic E-state index is 12.2. The predicted octanol–water partition coefficient (Wildman–Crippen LogP) is 4.56. The van der Waals surface area contributed by atoms with Crippen LogP contribution in [-0.2, 0) is 10.0 Å². The third kappa shape index (κ3) is 4.42. The molecule has 112 valence electrons. The van der Waals surface area contributed by atoms with Crippen molar-refractivity contribution in [2.45, 2.75) is 15.5 Å². The largest absolute Gasteiger partial charge is 0.288 e. The maximum Gasteiger partial charge on any atom is 0.288 e. The average molecular weight is 394 g/mol. The summed E-state index contributed by atoms with van der Waals surface area (Å²) in [5, 5.41) is 0. The van der Waals surface area contributed by atoms with Crippen molar-refractivity contribution < 1.29 is 17.2 Å². The Morgan fingerprint density at radius 2 is 1.67 bits per heavy atom. The van der Waals surface area contributed by atoms with Gasteiger partial charge in [-0.2, -0.15) is 8.78 Å². The molecule has 0 amide bonds. The number of hydrogen-bond acceptors (Lipinski definition) is 3. The van der Waals surface area contributed by atoms with E-state index in [-0.39, 0.29) is 4.90 Å². The van der Waals surface area contributed by atoms with Crippen molar-refractivity contribution in [3.8, 4) is 0 Å². The normalized spacial score (nSPS) is 11.6. The van der Waals surface area contributed by atoms with E-state index in [2.05, 4.69) is 20.7 Å². The van der Waals surface area contributed by atoms with Gasteiger partial charge in [-0.3, -0.25) is 4.72 Å². The topological polar surface area (TPSA) is 46.2 Å². The van der Waals surface area contributed by atoms with E-state index in [0.29, 0.717) is 26.8 Å². The van der Waals surface area contributed by atoms with E-state index in [0.717, 1.165) is 0 Å². The zero-order valence-corrected chi connectivity index (χ0v) is 13.7. The SMILES string of the molecule is O=S(=O)(Nc1ccc(SC(F)F)cc1)c1ccccc1Br. The van der Waals surface area contributed by atoms with E-state index in [1.165, 1.54) is 30.3 Å². The molecule has 0 saturated heterocycles. The number of anilines is 1. The number of nitrogens with one attached hydrogen (secondary N) is 1. The van der Waals surface area contributed by atoms with Gasteiger partial charge in [0, 0.05) is 15.1 Å². The van der Waals surface area contributed by atoms with Crippen molar-refractivity contribution in [2.24, 2.45) is 0 Å². The van der Waals surface area contributed by atoms with Gasteiger partial charge in [0.1, 0.15) is 4.90 Å². The van der Waals surface area contributed by atoms with Gasteiger partial charge in [-0.1, -0.05) is 23.9 Å². The molecule has 0 radical (unpaired) electrons. The molecule has 0 unspecified atom stereocenters. The van der Waals surface area contributed by atoms with Crippen molar-refractivity contribution in [1.82, 2.24) is 0 Å². The fraction of sp³-hybridized carbons (Fsp3) is 0.0769. The van der Waals surface area contributed by atoms with Gasteiger partial charge < -0.3 is 0 Å². The molecule has 0 saturated carbocycles. The molecule has 0 aliphatic heterocycles. The molecular weight excluding hydrogens is 384 g/mol. The molecule has 2 rings (SSSR count). The second-order valence-electron chi connectivity index (χ2n) is 3.94. The standard InChI is InChI=1S/C13H10BrF2NO2S2/c14-11-3-1-2-4-12(11)21(18,19)17-9-5-7-10(8-6-9)20-13(15)16/h1-8,13,17H. The van der Waals surface area contributed by atoms with Gasteiger partial charge in [0.05, 0.1) is 0 Å². The van der Waals surface area contributed by atoms with E-state index < -0.39 is 15.8 Å². The summed E-state index contributed by atoms with van der Waals surface area (Å²) in [4.78, 5) is 0.477. The van der Waals surface area contributed by atoms with E-state index >= 15 is 0 Å². The van der Waals surface area contributed by atoms with Gasteiger partial charge in [-0.15, -0.1) is 0 Å². The summed E-state index contributed by atoms with van der Waals surface area (Å²) >= 11 is 3.58. The summed E-state index contributed by atoms with van der Waals surface area (Å²) < 4.78 is 51.7. The van der Waals surface area contributed by atoms with Crippen molar-refractivity contribution in [3.63, 3.8) is 0 Å². The van der Waals surface area contributed by atoms with Crippen molar-refractivity contribution in [3.05, 3.63) is 53.0 Å². The van der Waals surface area contributed by atoms with Crippen LogP contribution in [0, 0.1) is 0 Å². The highest BCUT2D eigenvalue weighted by molar-refractivity contribution is 9.10. The number of alkyl halides is 2. The van der Waals surface area contributed by atoms with E-state index in [4.69, 9.17) is 0 Å². The Balaban J connectivity index is 2.19. The molecule has 21 heavy (non-hydrogen) atoms. The number of benzene rings is 2. The highest BCUT2D eigenvalue weighted by Gasteiger charge is 2.17. The first-order chi connectivity index (χ1) is 9.88. The Labute approximate surface area is 133 Å². The molecule has 0 spiro atoms. The molecule has 0 aromatic heterocycles. The Morgan fingerprint density at radius 3 is 2.24 bits per heavy atom. The number of hydrogen-bond donors (Lipinski definition) is 1. The third-order valence-electron chi connectivity index (χ3n) is 2.46. The average Bonchev–Trinajstić information content (AvgIpc) is 2.40. The third-order valence-corrected chi connectivity index (χ3v) is 5.57. The van der Waals surface area contributed by atoms with Gasteiger partial charge in [0.15, 0.2) is 0 Å². The Bertz CT molecular complexity index is 721. The van der Waals surface area contributed by atoms with Gasteiger partial charge >= 0.3 is 0 Å². The van der Waals surface area contributed by atoms with Crippen LogP contribution in [0.5, 0.6) is 0 Å². The van der Waals surface area contributed by atoms with Crippen LogP contribution >= 0.6 is 27.7 Å². The summed E-state index contributed by atoms with van der Waals surface area (Å²) in [7, 11) is -3.73. The van der Waals surface area contributed by atoms with Crippen LogP contribution in [-0.4, -0.2) is 14.2 Å². The van der Waals surface area contributed by atoms with Crippen LogP contribution in [0.1, 0.15) is 0 Å². The number of rotatable bonds is 5. The van der Waals surface area contributed by atoms with Crippen LogP contribution < -0.4 is 4.72 Å². The maximum atomic E-state index is 12.2. The highest BCUT2D eigenvalue weighted by atomic mass is 79.9. The number of halogens is 3. The van der Waals surface area contributed by atoms with Crippen LogP contribution in [0.3, 0.4) is 0 Å². The summed E-state index contributed by atoms with van der Waals surface area (Å²) in [6.45, 7) is 0. The molecule has 0 aliphatic carbocycles. The lowest BCUT2D eigenvalue weighted by Crippen LogP contribution is -2.13. The molecule has 0 fully saturated rings. The number of sulfonamides is 1. The fourth-order valence-corrected chi connectivity index (χ4v) is 4.14. The zero-order chi connectivity index (χ0) is 15.5. The quantitative estimate of drug-likeness (QED) is 0.757. The lowest BCUT2D eigenvalue weighted by molar-refractivity contribution is 0.252. The van der Waals surface area contributed by atoms with Crippen LogP contribution in [0.4, 0.5) is 14.5 Å². The molecule has 0 heterocycles. The smallest absolute Gasteiger partial charge is 0.280 e. The Hall–Kier alpha value is -1.12. The minimum atomic E-state index is -3.73. The second kappa shape index (κ2) is 6.76. The molecule has 2 aromatic rings. The summed E-state index contributed by atoms with van der Waals surface area (Å²) in [6, 6.07) is 12.2. The van der Waals surface area contributed by atoms with Crippen molar-refractivity contribution in [2.75, 3.05) is 4.72 Å². The highest BCUT2D eigenvalue weighted by Crippen LogP contribution is 2.28. The van der Waals surface area contributed by atoms with E-state index in [1.54, 1.807) is 18.2 Å². The van der Waals surface area contributed by atoms with Crippen molar-refractivity contribution in [1.29, 1.82) is 0 Å². The summed E-state index contributed by atoms with van der Waals surface area (Å²) in [5.74, 6) is -2.51.